The average molecular weight is 427 g/mol. The summed E-state index contributed by atoms with van der Waals surface area (Å²) in [7, 11) is 0. The minimum Gasteiger partial charge on any atom is -0.494 e. The molecule has 30 heavy (non-hydrogen) atoms. The molecule has 1 saturated heterocycles. The van der Waals surface area contributed by atoms with Crippen LogP contribution in [0.25, 0.3) is 10.2 Å². The lowest BCUT2D eigenvalue weighted by molar-refractivity contribution is 0.0917. The van der Waals surface area contributed by atoms with E-state index in [0.717, 1.165) is 41.2 Å². The predicted octanol–water partition coefficient (Wildman–Crippen LogP) is 4.92. The van der Waals surface area contributed by atoms with Crippen molar-refractivity contribution in [2.45, 2.75) is 32.8 Å². The SMILES string of the molecule is CCOc1ccc(C(=O)N(CC2CCCO2)c2nc3c(OCC)cccc3s2)cc1. The van der Waals surface area contributed by atoms with E-state index in [-0.39, 0.29) is 12.0 Å². The lowest BCUT2D eigenvalue weighted by Crippen LogP contribution is -2.37. The first-order valence-corrected chi connectivity index (χ1v) is 11.2. The van der Waals surface area contributed by atoms with Crippen LogP contribution in [0.5, 0.6) is 11.5 Å². The van der Waals surface area contributed by atoms with E-state index in [1.165, 1.54) is 11.3 Å². The fourth-order valence-corrected chi connectivity index (χ4v) is 4.55. The van der Waals surface area contributed by atoms with Crippen molar-refractivity contribution in [1.82, 2.24) is 4.98 Å². The number of rotatable bonds is 8. The summed E-state index contributed by atoms with van der Waals surface area (Å²) < 4.78 is 18.0. The zero-order valence-corrected chi connectivity index (χ0v) is 18.1. The molecular formula is C23H26N2O4S. The molecule has 0 aliphatic carbocycles. The van der Waals surface area contributed by atoms with E-state index in [4.69, 9.17) is 19.2 Å². The summed E-state index contributed by atoms with van der Waals surface area (Å²) in [6, 6.07) is 13.1. The van der Waals surface area contributed by atoms with Gasteiger partial charge in [0, 0.05) is 12.2 Å². The predicted molar refractivity (Wildman–Crippen MR) is 119 cm³/mol. The second kappa shape index (κ2) is 9.45. The molecule has 1 atom stereocenters. The molecule has 2 heterocycles. The molecule has 6 nitrogen and oxygen atoms in total. The Morgan fingerprint density at radius 2 is 1.97 bits per heavy atom. The van der Waals surface area contributed by atoms with E-state index in [1.54, 1.807) is 17.0 Å². The summed E-state index contributed by atoms with van der Waals surface area (Å²) >= 11 is 1.50. The number of para-hydroxylation sites is 1. The number of fused-ring (bicyclic) bond motifs is 1. The number of benzene rings is 2. The lowest BCUT2D eigenvalue weighted by atomic mass is 10.1. The van der Waals surface area contributed by atoms with Crippen LogP contribution in [-0.2, 0) is 4.74 Å². The van der Waals surface area contributed by atoms with E-state index >= 15 is 0 Å². The number of hydrogen-bond donors (Lipinski definition) is 0. The van der Waals surface area contributed by atoms with Gasteiger partial charge in [-0.25, -0.2) is 4.98 Å². The molecule has 3 aromatic rings. The number of anilines is 1. The third-order valence-corrected chi connectivity index (χ3v) is 6.01. The molecule has 1 fully saturated rings. The van der Waals surface area contributed by atoms with Crippen molar-refractivity contribution in [1.29, 1.82) is 0 Å². The van der Waals surface area contributed by atoms with Gasteiger partial charge in [-0.1, -0.05) is 17.4 Å². The molecule has 2 aromatic carbocycles. The van der Waals surface area contributed by atoms with Crippen LogP contribution >= 0.6 is 11.3 Å². The number of ether oxygens (including phenoxy) is 3. The van der Waals surface area contributed by atoms with Crippen molar-refractivity contribution >= 4 is 32.6 Å². The fourth-order valence-electron chi connectivity index (χ4n) is 3.56. The third kappa shape index (κ3) is 4.42. The van der Waals surface area contributed by atoms with Crippen LogP contribution in [0.2, 0.25) is 0 Å². The molecule has 0 N–H and O–H groups in total. The number of hydrogen-bond acceptors (Lipinski definition) is 6. The molecule has 1 aromatic heterocycles. The topological polar surface area (TPSA) is 60.9 Å². The molecule has 4 rings (SSSR count). The first-order valence-electron chi connectivity index (χ1n) is 10.4. The second-order valence-electron chi connectivity index (χ2n) is 7.04. The fraction of sp³-hybridized carbons (Fsp3) is 0.391. The molecular weight excluding hydrogens is 400 g/mol. The largest absolute Gasteiger partial charge is 0.494 e. The quantitative estimate of drug-likeness (QED) is 0.512. The van der Waals surface area contributed by atoms with Crippen LogP contribution in [0.15, 0.2) is 42.5 Å². The Kier molecular flexibility index (Phi) is 6.50. The normalized spacial score (nSPS) is 16.0. The molecule has 7 heteroatoms. The lowest BCUT2D eigenvalue weighted by Gasteiger charge is -2.23. The number of carbonyl (C=O) groups excluding carboxylic acids is 1. The molecule has 1 amide bonds. The Morgan fingerprint density at radius 1 is 1.17 bits per heavy atom. The van der Waals surface area contributed by atoms with E-state index in [1.807, 2.05) is 44.2 Å². The summed E-state index contributed by atoms with van der Waals surface area (Å²) in [6.07, 6.45) is 1.99. The van der Waals surface area contributed by atoms with Crippen molar-refractivity contribution in [3.8, 4) is 11.5 Å². The van der Waals surface area contributed by atoms with Gasteiger partial charge in [0.2, 0.25) is 0 Å². The maximum Gasteiger partial charge on any atom is 0.260 e. The minimum absolute atomic E-state index is 0.0232. The summed E-state index contributed by atoms with van der Waals surface area (Å²) in [5, 5.41) is 0.659. The van der Waals surface area contributed by atoms with Crippen molar-refractivity contribution in [3.05, 3.63) is 48.0 Å². The van der Waals surface area contributed by atoms with Gasteiger partial charge in [-0.15, -0.1) is 0 Å². The number of nitrogens with zero attached hydrogens (tertiary/aromatic N) is 2. The van der Waals surface area contributed by atoms with E-state index in [9.17, 15) is 4.79 Å². The monoisotopic (exact) mass is 426 g/mol. The molecule has 158 valence electrons. The van der Waals surface area contributed by atoms with Gasteiger partial charge in [0.05, 0.1) is 30.6 Å². The maximum absolute atomic E-state index is 13.5. The van der Waals surface area contributed by atoms with Gasteiger partial charge < -0.3 is 14.2 Å². The van der Waals surface area contributed by atoms with Gasteiger partial charge in [-0.05, 0) is 63.1 Å². The van der Waals surface area contributed by atoms with Crippen molar-refractivity contribution in [2.75, 3.05) is 31.3 Å². The highest BCUT2D eigenvalue weighted by Gasteiger charge is 2.27. The average Bonchev–Trinajstić information content (AvgIpc) is 3.43. The third-order valence-electron chi connectivity index (χ3n) is 4.97. The highest BCUT2D eigenvalue weighted by Crippen LogP contribution is 2.35. The van der Waals surface area contributed by atoms with Crippen LogP contribution in [-0.4, -0.2) is 43.4 Å². The molecule has 0 bridgehead atoms. The van der Waals surface area contributed by atoms with Gasteiger partial charge in [0.25, 0.3) is 5.91 Å². The Hall–Kier alpha value is -2.64. The van der Waals surface area contributed by atoms with Gasteiger partial charge >= 0.3 is 0 Å². The molecule has 0 radical (unpaired) electrons. The van der Waals surface area contributed by atoms with Crippen molar-refractivity contribution < 1.29 is 19.0 Å². The maximum atomic E-state index is 13.5. The first-order chi connectivity index (χ1) is 14.7. The van der Waals surface area contributed by atoms with Crippen LogP contribution < -0.4 is 14.4 Å². The zero-order chi connectivity index (χ0) is 20.9. The van der Waals surface area contributed by atoms with Crippen LogP contribution in [0, 0.1) is 0 Å². The number of thiazole rings is 1. The first kappa shape index (κ1) is 20.6. The summed E-state index contributed by atoms with van der Waals surface area (Å²) in [4.78, 5) is 20.0. The van der Waals surface area contributed by atoms with Crippen molar-refractivity contribution in [3.63, 3.8) is 0 Å². The van der Waals surface area contributed by atoms with E-state index in [2.05, 4.69) is 0 Å². The van der Waals surface area contributed by atoms with Crippen LogP contribution in [0.3, 0.4) is 0 Å². The Morgan fingerprint density at radius 3 is 2.67 bits per heavy atom. The number of carbonyl (C=O) groups is 1. The molecule has 1 aliphatic heterocycles. The summed E-state index contributed by atoms with van der Waals surface area (Å²) in [5.41, 5.74) is 1.39. The summed E-state index contributed by atoms with van der Waals surface area (Å²) in [5.74, 6) is 1.40. The number of aromatic nitrogens is 1. The van der Waals surface area contributed by atoms with Crippen LogP contribution in [0.4, 0.5) is 5.13 Å². The minimum atomic E-state index is -0.0921. The smallest absolute Gasteiger partial charge is 0.260 e. The molecule has 1 aliphatic rings. The van der Waals surface area contributed by atoms with E-state index < -0.39 is 0 Å². The zero-order valence-electron chi connectivity index (χ0n) is 17.3. The Labute approximate surface area is 180 Å². The summed E-state index contributed by atoms with van der Waals surface area (Å²) in [6.45, 7) is 6.26. The van der Waals surface area contributed by atoms with Gasteiger partial charge in [0.15, 0.2) is 5.13 Å². The standard InChI is InChI=1S/C23H26N2O4S/c1-3-27-17-12-10-16(11-13-17)22(26)25(15-18-7-6-14-29-18)23-24-21-19(28-4-2)8-5-9-20(21)30-23/h5,8-13,18H,3-4,6-7,14-15H2,1-2H3. The van der Waals surface area contributed by atoms with Crippen molar-refractivity contribution in [2.24, 2.45) is 0 Å². The van der Waals surface area contributed by atoms with Gasteiger partial charge in [-0.3, -0.25) is 9.69 Å². The Balaban J connectivity index is 1.68. The highest BCUT2D eigenvalue weighted by molar-refractivity contribution is 7.22. The number of amides is 1. The van der Waals surface area contributed by atoms with Gasteiger partial charge in [-0.2, -0.15) is 0 Å². The van der Waals surface area contributed by atoms with E-state index in [0.29, 0.717) is 30.5 Å². The molecule has 0 spiro atoms. The second-order valence-corrected chi connectivity index (χ2v) is 8.05. The van der Waals surface area contributed by atoms with Crippen LogP contribution in [0.1, 0.15) is 37.0 Å². The molecule has 0 saturated carbocycles. The molecule has 1 unspecified atom stereocenters. The highest BCUT2D eigenvalue weighted by atomic mass is 32.1. The van der Waals surface area contributed by atoms with Gasteiger partial charge in [0.1, 0.15) is 17.0 Å². The Bertz CT molecular complexity index is 996.